The van der Waals surface area contributed by atoms with Gasteiger partial charge < -0.3 is 46.1 Å². The summed E-state index contributed by atoms with van der Waals surface area (Å²) in [6, 6.07) is 25.0. The molecule has 1 aliphatic carbocycles. The van der Waals surface area contributed by atoms with E-state index >= 15 is 0 Å². The molecule has 7 rings (SSSR count). The summed E-state index contributed by atoms with van der Waals surface area (Å²) in [5, 5.41) is 44.0. The maximum atomic E-state index is 12.8. The SMILES string of the molecule is CCC(=O)N[C@H]1C[C@@H](n2cnc3c(NCC(c4ccccc4)c4ccccc4)nc(N4CC[C@@H](NC(=O)Nc5cccc(O)c5)C4)nc32)[C@H](O)[C@@H]1O. The second-order valence-electron chi connectivity index (χ2n) is 13.3. The summed E-state index contributed by atoms with van der Waals surface area (Å²) in [7, 11) is 0. The van der Waals surface area contributed by atoms with Crippen molar-refractivity contribution in [1.29, 1.82) is 0 Å². The minimum absolute atomic E-state index is 0.00176. The Kier molecular flexibility index (Phi) is 10.2. The Labute approximate surface area is 300 Å². The lowest BCUT2D eigenvalue weighted by atomic mass is 9.91. The van der Waals surface area contributed by atoms with E-state index in [-0.39, 0.29) is 42.5 Å². The van der Waals surface area contributed by atoms with Gasteiger partial charge in [-0.3, -0.25) is 4.79 Å². The van der Waals surface area contributed by atoms with Crippen LogP contribution in [0.3, 0.4) is 0 Å². The van der Waals surface area contributed by atoms with Gasteiger partial charge in [-0.05, 0) is 36.1 Å². The van der Waals surface area contributed by atoms with Crippen LogP contribution in [0.5, 0.6) is 5.75 Å². The number of carbonyl (C=O) groups is 2. The van der Waals surface area contributed by atoms with Crippen LogP contribution in [0.15, 0.2) is 91.3 Å². The van der Waals surface area contributed by atoms with E-state index in [1.807, 2.05) is 41.3 Å². The minimum atomic E-state index is -1.17. The molecule has 2 fully saturated rings. The fraction of sp³-hybridized carbons (Fsp3) is 0.342. The number of aromatic nitrogens is 4. The second kappa shape index (κ2) is 15.3. The van der Waals surface area contributed by atoms with Crippen LogP contribution in [0.1, 0.15) is 49.3 Å². The van der Waals surface area contributed by atoms with E-state index in [0.717, 1.165) is 11.1 Å². The summed E-state index contributed by atoms with van der Waals surface area (Å²) in [6.45, 7) is 3.25. The molecular weight excluding hydrogens is 662 g/mol. The molecule has 0 unspecified atom stereocenters. The van der Waals surface area contributed by atoms with Crippen molar-refractivity contribution in [3.05, 3.63) is 102 Å². The van der Waals surface area contributed by atoms with Crippen LogP contribution in [0.2, 0.25) is 0 Å². The first-order valence-corrected chi connectivity index (χ1v) is 17.6. The number of urea groups is 1. The largest absolute Gasteiger partial charge is 0.508 e. The van der Waals surface area contributed by atoms with Gasteiger partial charge in [0.25, 0.3) is 0 Å². The van der Waals surface area contributed by atoms with Gasteiger partial charge in [0.1, 0.15) is 18.0 Å². The average Bonchev–Trinajstić information content (AvgIpc) is 3.87. The third kappa shape index (κ3) is 7.48. The number of phenols is 1. The van der Waals surface area contributed by atoms with E-state index in [4.69, 9.17) is 15.0 Å². The van der Waals surface area contributed by atoms with E-state index in [1.54, 1.807) is 30.0 Å². The molecule has 3 aromatic carbocycles. The Balaban J connectivity index is 1.18. The lowest BCUT2D eigenvalue weighted by Crippen LogP contribution is -2.42. The van der Waals surface area contributed by atoms with Crippen molar-refractivity contribution in [3.8, 4) is 5.75 Å². The number of carbonyl (C=O) groups excluding carboxylic acids is 2. The summed E-state index contributed by atoms with van der Waals surface area (Å²) in [5.41, 5.74) is 3.73. The Morgan fingerprint density at radius 2 is 1.65 bits per heavy atom. The zero-order valence-electron chi connectivity index (χ0n) is 28.8. The molecule has 5 aromatic rings. The first-order valence-electron chi connectivity index (χ1n) is 17.6. The number of fused-ring (bicyclic) bond motifs is 1. The number of rotatable bonds is 11. The molecular formula is C38H43N9O5. The maximum Gasteiger partial charge on any atom is 0.319 e. The van der Waals surface area contributed by atoms with Gasteiger partial charge in [-0.15, -0.1) is 0 Å². The lowest BCUT2D eigenvalue weighted by Gasteiger charge is -2.22. The van der Waals surface area contributed by atoms with Gasteiger partial charge in [0.2, 0.25) is 11.9 Å². The molecule has 1 aliphatic heterocycles. The minimum Gasteiger partial charge on any atom is -0.508 e. The number of amides is 3. The summed E-state index contributed by atoms with van der Waals surface area (Å²) in [4.78, 5) is 41.7. The number of benzene rings is 3. The van der Waals surface area contributed by atoms with E-state index in [0.29, 0.717) is 54.7 Å². The topological polar surface area (TPSA) is 190 Å². The number of aromatic hydroxyl groups is 1. The Morgan fingerprint density at radius 3 is 2.35 bits per heavy atom. The van der Waals surface area contributed by atoms with Crippen LogP contribution in [0.4, 0.5) is 22.2 Å². The van der Waals surface area contributed by atoms with Crippen LogP contribution in [0.25, 0.3) is 11.2 Å². The van der Waals surface area contributed by atoms with Crippen LogP contribution in [-0.2, 0) is 4.79 Å². The highest BCUT2D eigenvalue weighted by atomic mass is 16.3. The van der Waals surface area contributed by atoms with Gasteiger partial charge in [-0.2, -0.15) is 9.97 Å². The molecule has 0 bridgehead atoms. The van der Waals surface area contributed by atoms with E-state index in [1.165, 1.54) is 12.1 Å². The zero-order valence-corrected chi connectivity index (χ0v) is 28.8. The van der Waals surface area contributed by atoms with Crippen molar-refractivity contribution in [2.24, 2.45) is 0 Å². The van der Waals surface area contributed by atoms with E-state index in [2.05, 4.69) is 45.5 Å². The standard InChI is InChI=1S/C38H43N9O5/c1-2-31(49)43-29-19-30(34(51)33(29)50)47-22-40-32-35(39-20-28(23-10-5-3-6-11-23)24-12-7-4-8-13-24)44-37(45-36(32)47)46-17-16-26(21-46)42-38(52)41-25-14-9-15-27(48)18-25/h3-15,18,22,26,28-30,33-34,48,50-51H,2,16-17,19-21H2,1H3,(H,43,49)(H,39,44,45)(H2,41,42,52)/t26-,29+,30-,33-,34+/m1/s1. The predicted octanol–water partition coefficient (Wildman–Crippen LogP) is 3.74. The molecule has 2 aromatic heterocycles. The summed E-state index contributed by atoms with van der Waals surface area (Å²) in [6.07, 6.45) is 0.472. The van der Waals surface area contributed by atoms with Gasteiger partial charge in [0.05, 0.1) is 18.4 Å². The molecule has 1 saturated heterocycles. The number of nitrogens with one attached hydrogen (secondary N) is 4. The first kappa shape index (κ1) is 34.7. The fourth-order valence-corrected chi connectivity index (χ4v) is 7.14. The highest BCUT2D eigenvalue weighted by molar-refractivity contribution is 5.90. The molecule has 7 N–H and O–H groups in total. The number of hydrogen-bond donors (Lipinski definition) is 7. The number of anilines is 3. The molecule has 2 aliphatic rings. The van der Waals surface area contributed by atoms with Gasteiger partial charge in [0.15, 0.2) is 17.0 Å². The van der Waals surface area contributed by atoms with Crippen LogP contribution in [-0.4, -0.2) is 90.7 Å². The molecule has 14 nitrogen and oxygen atoms in total. The summed E-state index contributed by atoms with van der Waals surface area (Å²) >= 11 is 0. The molecule has 270 valence electrons. The molecule has 3 amide bonds. The summed E-state index contributed by atoms with van der Waals surface area (Å²) in [5.74, 6) is 0.785. The second-order valence-corrected chi connectivity index (χ2v) is 13.3. The van der Waals surface area contributed by atoms with Crippen molar-refractivity contribution in [2.45, 2.75) is 62.4 Å². The van der Waals surface area contributed by atoms with Crippen LogP contribution >= 0.6 is 0 Å². The van der Waals surface area contributed by atoms with Crippen molar-refractivity contribution in [2.75, 3.05) is 35.2 Å². The Morgan fingerprint density at radius 1 is 0.923 bits per heavy atom. The zero-order chi connectivity index (χ0) is 36.2. The molecule has 5 atom stereocenters. The van der Waals surface area contributed by atoms with Crippen molar-refractivity contribution >= 4 is 40.6 Å². The number of aliphatic hydroxyl groups is 2. The number of nitrogens with zero attached hydrogens (tertiary/aromatic N) is 5. The van der Waals surface area contributed by atoms with E-state index in [9.17, 15) is 24.9 Å². The van der Waals surface area contributed by atoms with Crippen molar-refractivity contribution < 1.29 is 24.9 Å². The molecule has 3 heterocycles. The fourth-order valence-electron chi connectivity index (χ4n) is 7.14. The Bertz CT molecular complexity index is 1970. The van der Waals surface area contributed by atoms with Crippen molar-refractivity contribution in [1.82, 2.24) is 30.2 Å². The molecule has 52 heavy (non-hydrogen) atoms. The third-order valence-electron chi connectivity index (χ3n) is 9.87. The van der Waals surface area contributed by atoms with Gasteiger partial charge in [0, 0.05) is 49.8 Å². The monoisotopic (exact) mass is 705 g/mol. The molecule has 0 radical (unpaired) electrons. The first-order chi connectivity index (χ1) is 25.3. The number of aliphatic hydroxyl groups excluding tert-OH is 2. The normalized spacial score (nSPS) is 21.4. The average molecular weight is 706 g/mol. The van der Waals surface area contributed by atoms with Crippen LogP contribution < -0.4 is 26.2 Å². The predicted molar refractivity (Wildman–Crippen MR) is 197 cm³/mol. The Hall–Kier alpha value is -5.73. The number of phenolic OH excluding ortho intramolecular Hbond substituents is 1. The quantitative estimate of drug-likeness (QED) is 0.107. The van der Waals surface area contributed by atoms with E-state index < -0.39 is 24.3 Å². The van der Waals surface area contributed by atoms with Gasteiger partial charge in [-0.1, -0.05) is 73.7 Å². The maximum absolute atomic E-state index is 12.8. The van der Waals surface area contributed by atoms with Crippen LogP contribution in [0, 0.1) is 0 Å². The van der Waals surface area contributed by atoms with Gasteiger partial charge in [-0.25, -0.2) is 9.78 Å². The molecule has 0 spiro atoms. The third-order valence-corrected chi connectivity index (χ3v) is 9.87. The number of imidazole rings is 1. The lowest BCUT2D eigenvalue weighted by molar-refractivity contribution is -0.122. The van der Waals surface area contributed by atoms with Gasteiger partial charge >= 0.3 is 6.03 Å². The molecule has 14 heteroatoms. The molecule has 1 saturated carbocycles. The highest BCUT2D eigenvalue weighted by Gasteiger charge is 2.44. The highest BCUT2D eigenvalue weighted by Crippen LogP contribution is 2.35. The smallest absolute Gasteiger partial charge is 0.319 e. The summed E-state index contributed by atoms with van der Waals surface area (Å²) < 4.78 is 1.76. The number of hydrogen-bond acceptors (Lipinski definition) is 10. The van der Waals surface area contributed by atoms with Crippen molar-refractivity contribution in [3.63, 3.8) is 0 Å².